The molecule has 2 N–H and O–H groups in total. The molecule has 1 heterocycles. The fraction of sp³-hybridized carbons (Fsp3) is 0.588. The van der Waals surface area contributed by atoms with Gasteiger partial charge in [0.2, 0.25) is 0 Å². The van der Waals surface area contributed by atoms with Gasteiger partial charge in [-0.1, -0.05) is 12.8 Å². The number of nitrogen functional groups attached to an aromatic ring is 1. The van der Waals surface area contributed by atoms with Gasteiger partial charge in [0, 0.05) is 30.0 Å². The molecule has 108 valence electrons. The van der Waals surface area contributed by atoms with Crippen molar-refractivity contribution < 1.29 is 4.79 Å². The summed E-state index contributed by atoms with van der Waals surface area (Å²) >= 11 is 0. The van der Waals surface area contributed by atoms with Gasteiger partial charge in [-0.3, -0.25) is 4.79 Å². The van der Waals surface area contributed by atoms with Gasteiger partial charge in [0.25, 0.3) is 0 Å². The van der Waals surface area contributed by atoms with Crippen molar-refractivity contribution in [1.82, 2.24) is 0 Å². The lowest BCUT2D eigenvalue weighted by molar-refractivity contribution is 0.101. The predicted molar refractivity (Wildman–Crippen MR) is 83.2 cm³/mol. The Morgan fingerprint density at radius 3 is 2.40 bits per heavy atom. The van der Waals surface area contributed by atoms with Crippen LogP contribution in [0.15, 0.2) is 18.2 Å². The molecule has 1 aliphatic heterocycles. The Morgan fingerprint density at radius 1 is 1.15 bits per heavy atom. The van der Waals surface area contributed by atoms with Gasteiger partial charge in [-0.15, -0.1) is 0 Å². The molecule has 20 heavy (non-hydrogen) atoms. The summed E-state index contributed by atoms with van der Waals surface area (Å²) in [6.45, 7) is 3.81. The van der Waals surface area contributed by atoms with Gasteiger partial charge in [-0.2, -0.15) is 0 Å². The molecule has 1 aromatic rings. The average molecular weight is 272 g/mol. The Balaban J connectivity index is 1.75. The molecule has 0 atom stereocenters. The van der Waals surface area contributed by atoms with E-state index < -0.39 is 0 Å². The van der Waals surface area contributed by atoms with Crippen molar-refractivity contribution in [2.24, 2.45) is 5.41 Å². The van der Waals surface area contributed by atoms with Crippen LogP contribution in [-0.2, 0) is 0 Å². The van der Waals surface area contributed by atoms with E-state index in [0.29, 0.717) is 16.7 Å². The Hall–Kier alpha value is -1.51. The van der Waals surface area contributed by atoms with Crippen molar-refractivity contribution in [2.75, 3.05) is 23.7 Å². The van der Waals surface area contributed by atoms with E-state index in [0.717, 1.165) is 18.8 Å². The first-order valence-corrected chi connectivity index (χ1v) is 7.75. The Morgan fingerprint density at radius 2 is 1.80 bits per heavy atom. The van der Waals surface area contributed by atoms with Crippen molar-refractivity contribution in [3.05, 3.63) is 23.8 Å². The lowest BCUT2D eigenvalue weighted by Crippen LogP contribution is -2.38. The number of anilines is 2. The molecule has 2 fully saturated rings. The van der Waals surface area contributed by atoms with Crippen molar-refractivity contribution in [3.63, 3.8) is 0 Å². The number of carbonyl (C=O) groups is 1. The molecule has 0 unspecified atom stereocenters. The standard InChI is InChI=1S/C17H24N2O/c1-13(20)15-12-14(4-5-16(15)18)19-10-8-17(9-11-19)6-2-3-7-17/h4-5,12H,2-3,6-11,18H2,1H3. The Labute approximate surface area is 121 Å². The van der Waals surface area contributed by atoms with Crippen LogP contribution in [0.4, 0.5) is 11.4 Å². The van der Waals surface area contributed by atoms with Crippen LogP contribution in [0.5, 0.6) is 0 Å². The highest BCUT2D eigenvalue weighted by molar-refractivity contribution is 6.00. The zero-order valence-electron chi connectivity index (χ0n) is 12.3. The van der Waals surface area contributed by atoms with Crippen LogP contribution in [0.3, 0.4) is 0 Å². The third-order valence-electron chi connectivity index (χ3n) is 5.27. The lowest BCUT2D eigenvalue weighted by atomic mass is 9.77. The SMILES string of the molecule is CC(=O)c1cc(N2CCC3(CCCC3)CC2)ccc1N. The molecule has 1 saturated carbocycles. The second kappa shape index (κ2) is 5.12. The molecular formula is C17H24N2O. The number of carbonyl (C=O) groups excluding carboxylic acids is 1. The van der Waals surface area contributed by atoms with Crippen LogP contribution >= 0.6 is 0 Å². The van der Waals surface area contributed by atoms with Gasteiger partial charge >= 0.3 is 0 Å². The highest BCUT2D eigenvalue weighted by atomic mass is 16.1. The maximum absolute atomic E-state index is 11.6. The van der Waals surface area contributed by atoms with Crippen LogP contribution in [0, 0.1) is 5.41 Å². The van der Waals surface area contributed by atoms with Gasteiger partial charge in [0.15, 0.2) is 5.78 Å². The van der Waals surface area contributed by atoms with Crippen molar-refractivity contribution in [3.8, 4) is 0 Å². The molecule has 1 spiro atoms. The molecular weight excluding hydrogens is 248 g/mol. The highest BCUT2D eigenvalue weighted by Crippen LogP contribution is 2.46. The molecule has 0 amide bonds. The molecule has 1 saturated heterocycles. The van der Waals surface area contributed by atoms with E-state index >= 15 is 0 Å². The molecule has 3 rings (SSSR count). The van der Waals surface area contributed by atoms with E-state index in [2.05, 4.69) is 11.0 Å². The topological polar surface area (TPSA) is 46.3 Å². The third-order valence-corrected chi connectivity index (χ3v) is 5.27. The second-order valence-electron chi connectivity index (χ2n) is 6.52. The number of nitrogens with zero attached hydrogens (tertiary/aromatic N) is 1. The lowest BCUT2D eigenvalue weighted by Gasteiger charge is -2.40. The minimum atomic E-state index is 0.0497. The number of rotatable bonds is 2. The molecule has 0 bridgehead atoms. The van der Waals surface area contributed by atoms with Gasteiger partial charge in [-0.05, 0) is 56.2 Å². The number of benzene rings is 1. The van der Waals surface area contributed by atoms with Crippen molar-refractivity contribution >= 4 is 17.2 Å². The molecule has 1 aliphatic carbocycles. The monoisotopic (exact) mass is 272 g/mol. The first-order chi connectivity index (χ1) is 9.60. The zero-order valence-corrected chi connectivity index (χ0v) is 12.3. The van der Waals surface area contributed by atoms with Crippen LogP contribution < -0.4 is 10.6 Å². The molecule has 0 aromatic heterocycles. The minimum Gasteiger partial charge on any atom is -0.398 e. The molecule has 1 aromatic carbocycles. The maximum Gasteiger partial charge on any atom is 0.161 e. The first kappa shape index (κ1) is 13.5. The summed E-state index contributed by atoms with van der Waals surface area (Å²) < 4.78 is 0. The summed E-state index contributed by atoms with van der Waals surface area (Å²) in [6, 6.07) is 5.88. The fourth-order valence-corrected chi connectivity index (χ4v) is 3.91. The van der Waals surface area contributed by atoms with Gasteiger partial charge < -0.3 is 10.6 Å². The smallest absolute Gasteiger partial charge is 0.161 e. The summed E-state index contributed by atoms with van der Waals surface area (Å²) in [5.74, 6) is 0.0497. The number of ketones is 1. The summed E-state index contributed by atoms with van der Waals surface area (Å²) in [4.78, 5) is 14.0. The second-order valence-corrected chi connectivity index (χ2v) is 6.52. The summed E-state index contributed by atoms with van der Waals surface area (Å²) in [7, 11) is 0. The van der Waals surface area contributed by atoms with E-state index in [4.69, 9.17) is 5.73 Å². The number of Topliss-reactive ketones (excluding diaryl/α,β-unsaturated/α-hetero) is 1. The van der Waals surface area contributed by atoms with E-state index in [1.807, 2.05) is 12.1 Å². The fourth-order valence-electron chi connectivity index (χ4n) is 3.91. The van der Waals surface area contributed by atoms with Crippen LogP contribution in [0.1, 0.15) is 55.8 Å². The van der Waals surface area contributed by atoms with E-state index in [9.17, 15) is 4.79 Å². The van der Waals surface area contributed by atoms with Gasteiger partial charge in [0.1, 0.15) is 0 Å². The summed E-state index contributed by atoms with van der Waals surface area (Å²) in [5, 5.41) is 0. The molecule has 3 nitrogen and oxygen atoms in total. The van der Waals surface area contributed by atoms with Crippen molar-refractivity contribution in [1.29, 1.82) is 0 Å². The van der Waals surface area contributed by atoms with Crippen LogP contribution in [0.2, 0.25) is 0 Å². The normalized spacial score (nSPS) is 21.4. The third kappa shape index (κ3) is 2.41. The minimum absolute atomic E-state index is 0.0497. The maximum atomic E-state index is 11.6. The predicted octanol–water partition coefficient (Wildman–Crippen LogP) is 3.63. The van der Waals surface area contributed by atoms with E-state index in [-0.39, 0.29) is 5.78 Å². The van der Waals surface area contributed by atoms with Gasteiger partial charge in [0.05, 0.1) is 0 Å². The summed E-state index contributed by atoms with van der Waals surface area (Å²) in [5.41, 5.74) is 8.90. The van der Waals surface area contributed by atoms with E-state index in [1.54, 1.807) is 6.92 Å². The molecule has 3 heteroatoms. The largest absolute Gasteiger partial charge is 0.398 e. The Bertz CT molecular complexity index is 508. The van der Waals surface area contributed by atoms with Gasteiger partial charge in [-0.25, -0.2) is 0 Å². The van der Waals surface area contributed by atoms with E-state index in [1.165, 1.54) is 38.5 Å². The average Bonchev–Trinajstić information content (AvgIpc) is 2.88. The number of nitrogens with two attached hydrogens (primary N) is 1. The number of piperidine rings is 1. The molecule has 2 aliphatic rings. The first-order valence-electron chi connectivity index (χ1n) is 7.75. The quantitative estimate of drug-likeness (QED) is 0.660. The van der Waals surface area contributed by atoms with Crippen LogP contribution in [-0.4, -0.2) is 18.9 Å². The van der Waals surface area contributed by atoms with Crippen molar-refractivity contribution in [2.45, 2.75) is 45.4 Å². The number of hydrogen-bond donors (Lipinski definition) is 1. The summed E-state index contributed by atoms with van der Waals surface area (Å²) in [6.07, 6.45) is 8.26. The zero-order chi connectivity index (χ0) is 14.2. The molecule has 0 radical (unpaired) electrons. The van der Waals surface area contributed by atoms with Crippen LogP contribution in [0.25, 0.3) is 0 Å². The Kier molecular flexibility index (Phi) is 3.45. The number of hydrogen-bond acceptors (Lipinski definition) is 3. The highest BCUT2D eigenvalue weighted by Gasteiger charge is 2.36.